The van der Waals surface area contributed by atoms with Gasteiger partial charge in [0.25, 0.3) is 0 Å². The van der Waals surface area contributed by atoms with Crippen LogP contribution in [-0.2, 0) is 15.8 Å². The maximum atomic E-state index is 13.6. The van der Waals surface area contributed by atoms with Crippen LogP contribution < -0.4 is 15.0 Å². The lowest BCUT2D eigenvalue weighted by Gasteiger charge is -2.38. The number of rotatable bonds is 9. The van der Waals surface area contributed by atoms with Crippen LogP contribution in [0.4, 0.5) is 22.7 Å². The topological polar surface area (TPSA) is 50.8 Å². The zero-order valence-corrected chi connectivity index (χ0v) is 29.7. The molecule has 2 heterocycles. The number of hydrogen-bond donors (Lipinski definition) is 1. The van der Waals surface area contributed by atoms with Gasteiger partial charge in [-0.15, -0.1) is 0 Å². The van der Waals surface area contributed by atoms with Crippen molar-refractivity contribution >= 4 is 40.3 Å². The molecule has 0 aliphatic carbocycles. The van der Waals surface area contributed by atoms with Gasteiger partial charge in [0.15, 0.2) is 5.60 Å². The molecule has 2 aliphatic heterocycles. The zero-order chi connectivity index (χ0) is 34.3. The molecule has 0 bridgehead atoms. The monoisotopic (exact) mass is 670 g/mol. The Kier molecular flexibility index (Phi) is 8.66. The average molecular weight is 671 g/mol. The van der Waals surface area contributed by atoms with Crippen molar-refractivity contribution in [1.82, 2.24) is 0 Å². The first kappa shape index (κ1) is 32.8. The summed E-state index contributed by atoms with van der Waals surface area (Å²) in [4.78, 5) is 16.0. The van der Waals surface area contributed by atoms with E-state index in [-0.39, 0.29) is 11.4 Å². The summed E-state index contributed by atoms with van der Waals surface area (Å²) in [5, 5.41) is 4.12. The number of fused-ring (bicyclic) bond motifs is 6. The summed E-state index contributed by atoms with van der Waals surface area (Å²) in [5.41, 5.74) is 7.91. The van der Waals surface area contributed by atoms with Gasteiger partial charge in [0.1, 0.15) is 11.5 Å². The Balaban J connectivity index is 1.36. The van der Waals surface area contributed by atoms with Crippen LogP contribution in [0.25, 0.3) is 0 Å². The summed E-state index contributed by atoms with van der Waals surface area (Å²) in [6.45, 7) is 11.9. The van der Waals surface area contributed by atoms with Gasteiger partial charge in [-0.2, -0.15) is 0 Å². The minimum atomic E-state index is -1.18. The second-order valence-electron chi connectivity index (χ2n) is 14.2. The Morgan fingerprint density at radius 1 is 0.755 bits per heavy atom. The van der Waals surface area contributed by atoms with E-state index in [1.807, 2.05) is 67.6 Å². The van der Waals surface area contributed by atoms with Crippen LogP contribution in [0.15, 0.2) is 103 Å². The van der Waals surface area contributed by atoms with Gasteiger partial charge in [0.05, 0.1) is 16.3 Å². The van der Waals surface area contributed by atoms with Crippen LogP contribution in [0.2, 0.25) is 5.02 Å². The Hall–Kier alpha value is -4.74. The van der Waals surface area contributed by atoms with E-state index in [0.29, 0.717) is 22.1 Å². The molecule has 1 atom stereocenters. The fourth-order valence-electron chi connectivity index (χ4n) is 7.06. The highest BCUT2D eigenvalue weighted by atomic mass is 35.5. The minimum absolute atomic E-state index is 0.0712. The number of esters is 1. The van der Waals surface area contributed by atoms with E-state index in [2.05, 4.69) is 80.4 Å². The van der Waals surface area contributed by atoms with Gasteiger partial charge >= 0.3 is 5.97 Å². The minimum Gasteiger partial charge on any atom is -0.456 e. The van der Waals surface area contributed by atoms with Crippen LogP contribution >= 0.6 is 11.6 Å². The highest BCUT2D eigenvalue weighted by Crippen LogP contribution is 2.57. The Morgan fingerprint density at radius 3 is 2.22 bits per heavy atom. The summed E-state index contributed by atoms with van der Waals surface area (Å²) in [6, 6.07) is 34.6. The number of anilines is 4. The van der Waals surface area contributed by atoms with E-state index in [9.17, 15) is 4.79 Å². The number of hydrogen-bond acceptors (Lipinski definition) is 5. The van der Waals surface area contributed by atoms with E-state index in [4.69, 9.17) is 21.1 Å². The fraction of sp³-hybridized carbons (Fsp3) is 0.279. The van der Waals surface area contributed by atoms with E-state index >= 15 is 0 Å². The van der Waals surface area contributed by atoms with Gasteiger partial charge in [-0.05, 0) is 84.5 Å². The summed E-state index contributed by atoms with van der Waals surface area (Å²) in [7, 11) is 0. The number of aryl methyl sites for hydroxylation is 1. The first-order chi connectivity index (χ1) is 23.6. The quantitative estimate of drug-likeness (QED) is 0.125. The number of para-hydroxylation sites is 1. The van der Waals surface area contributed by atoms with Crippen LogP contribution in [-0.4, -0.2) is 12.5 Å². The van der Waals surface area contributed by atoms with Crippen LogP contribution in [0, 0.1) is 6.92 Å². The normalized spacial score (nSPS) is 16.0. The van der Waals surface area contributed by atoms with Crippen molar-refractivity contribution < 1.29 is 14.3 Å². The lowest BCUT2D eigenvalue weighted by Crippen LogP contribution is -2.33. The number of nitrogens with zero attached hydrogens (tertiary/aromatic N) is 1. The third kappa shape index (κ3) is 5.95. The third-order valence-corrected chi connectivity index (χ3v) is 10.1. The predicted molar refractivity (Wildman–Crippen MR) is 200 cm³/mol. The van der Waals surface area contributed by atoms with Gasteiger partial charge in [-0.1, -0.05) is 101 Å². The van der Waals surface area contributed by atoms with Crippen LogP contribution in [0.3, 0.4) is 0 Å². The molecular formula is C43H43ClN2O3. The van der Waals surface area contributed by atoms with Crippen molar-refractivity contribution in [3.63, 3.8) is 0 Å². The first-order valence-electron chi connectivity index (χ1n) is 17.3. The number of nitrogens with one attached hydrogen (secondary N) is 1. The third-order valence-electron chi connectivity index (χ3n) is 9.78. The van der Waals surface area contributed by atoms with E-state index in [0.717, 1.165) is 58.0 Å². The van der Waals surface area contributed by atoms with Crippen LogP contribution in [0.5, 0.6) is 11.5 Å². The number of carbonyl (C=O) groups is 1. The molecule has 1 N–H and O–H groups in total. The lowest BCUT2D eigenvalue weighted by molar-refractivity contribution is 0.0224. The van der Waals surface area contributed by atoms with Gasteiger partial charge in [-0.25, -0.2) is 4.79 Å². The fourth-order valence-corrected chi connectivity index (χ4v) is 7.25. The van der Waals surface area contributed by atoms with Crippen molar-refractivity contribution in [3.05, 3.63) is 142 Å². The molecule has 7 rings (SSSR count). The predicted octanol–water partition coefficient (Wildman–Crippen LogP) is 12.0. The molecular weight excluding hydrogens is 628 g/mol. The van der Waals surface area contributed by atoms with Crippen molar-refractivity contribution in [2.24, 2.45) is 0 Å². The van der Waals surface area contributed by atoms with E-state index < -0.39 is 5.60 Å². The van der Waals surface area contributed by atoms with Crippen LogP contribution in [0.1, 0.15) is 91.6 Å². The standard InChI is InChI=1S/C43H43ClN2O3/c1-6-7-8-13-24-46(30-20-18-29(19-21-30)42(3,4)5)31-22-23-34-40(26-31)48-39-25-28(2)38(45-37-17-12-11-16-36(37)44)27-35(39)43(34)33-15-10-9-14-32(33)41(47)49-43/h9-12,14-23,25-27,45H,6-8,13,24H2,1-5H3. The van der Waals surface area contributed by atoms with Crippen molar-refractivity contribution in [2.45, 2.75) is 71.3 Å². The first-order valence-corrected chi connectivity index (χ1v) is 17.7. The number of unbranched alkanes of at least 4 members (excludes halogenated alkanes) is 3. The van der Waals surface area contributed by atoms with Crippen molar-refractivity contribution in [1.29, 1.82) is 0 Å². The summed E-state index contributed by atoms with van der Waals surface area (Å²) < 4.78 is 13.3. The summed E-state index contributed by atoms with van der Waals surface area (Å²) in [6.07, 6.45) is 4.64. The maximum absolute atomic E-state index is 13.6. The highest BCUT2D eigenvalue weighted by Gasteiger charge is 2.53. The molecule has 1 spiro atoms. The molecule has 5 aromatic rings. The number of ether oxygens (including phenoxy) is 2. The Morgan fingerprint density at radius 2 is 1.47 bits per heavy atom. The molecule has 2 aliphatic rings. The average Bonchev–Trinajstić information content (AvgIpc) is 3.38. The number of benzene rings is 5. The molecule has 0 aromatic heterocycles. The van der Waals surface area contributed by atoms with E-state index in [1.165, 1.54) is 24.8 Å². The van der Waals surface area contributed by atoms with Crippen molar-refractivity contribution in [3.8, 4) is 11.5 Å². The van der Waals surface area contributed by atoms with E-state index in [1.54, 1.807) is 0 Å². The molecule has 0 fully saturated rings. The highest BCUT2D eigenvalue weighted by molar-refractivity contribution is 6.33. The van der Waals surface area contributed by atoms with Gasteiger partial charge in [-0.3, -0.25) is 0 Å². The molecule has 0 radical (unpaired) electrons. The summed E-state index contributed by atoms with van der Waals surface area (Å²) in [5.74, 6) is 0.974. The van der Waals surface area contributed by atoms with Gasteiger partial charge < -0.3 is 19.7 Å². The largest absolute Gasteiger partial charge is 0.456 e. The number of carbonyl (C=O) groups excluding carboxylic acids is 1. The van der Waals surface area contributed by atoms with Gasteiger partial charge in [0.2, 0.25) is 0 Å². The molecule has 0 saturated carbocycles. The smallest absolute Gasteiger partial charge is 0.340 e. The SMILES string of the molecule is CCCCCCN(c1ccc(C(C)(C)C)cc1)c1ccc2c(c1)Oc1cc(C)c(Nc3ccccc3Cl)cc1C21OC(=O)c2ccccc21. The Labute approximate surface area is 294 Å². The van der Waals surface area contributed by atoms with Crippen molar-refractivity contribution in [2.75, 3.05) is 16.8 Å². The van der Waals surface area contributed by atoms with Gasteiger partial charge in [0, 0.05) is 46.4 Å². The molecule has 0 saturated heterocycles. The second-order valence-corrected chi connectivity index (χ2v) is 14.6. The summed E-state index contributed by atoms with van der Waals surface area (Å²) >= 11 is 6.54. The molecule has 0 amide bonds. The molecule has 5 aromatic carbocycles. The molecule has 49 heavy (non-hydrogen) atoms. The molecule has 250 valence electrons. The molecule has 5 nitrogen and oxygen atoms in total. The molecule has 1 unspecified atom stereocenters. The Bertz CT molecular complexity index is 2030. The molecule has 6 heteroatoms. The zero-order valence-electron chi connectivity index (χ0n) is 28.9. The second kappa shape index (κ2) is 12.9. The lowest BCUT2D eigenvalue weighted by atomic mass is 9.77. The number of halogens is 1. The maximum Gasteiger partial charge on any atom is 0.340 e.